The van der Waals surface area contributed by atoms with Crippen LogP contribution in [0.5, 0.6) is 5.75 Å². The van der Waals surface area contributed by atoms with E-state index >= 15 is 0 Å². The normalized spacial score (nSPS) is 18.1. The van der Waals surface area contributed by atoms with E-state index < -0.39 is 12.0 Å². The van der Waals surface area contributed by atoms with Crippen molar-refractivity contribution < 1.29 is 19.1 Å². The molecule has 8 nitrogen and oxygen atoms in total. The summed E-state index contributed by atoms with van der Waals surface area (Å²) in [5.74, 6) is -0.0946. The first-order chi connectivity index (χ1) is 17.4. The summed E-state index contributed by atoms with van der Waals surface area (Å²) in [5.41, 5.74) is 2.96. The standard InChI is InChI=1S/C27H25N3O5S/c1-5-29-19-10-8-7-9-18(19)21(24(29)31)23-25(32)30-22(16-11-13-17(34-4)14-12-16)20(26(33)35-6-2)15(3)28-27(30)36-23/h7-14,22H,5-6H2,1-4H3/b23-21+/t22-/m1/s1. The van der Waals surface area contributed by atoms with Gasteiger partial charge in [-0.05, 0) is 44.5 Å². The van der Waals surface area contributed by atoms with Crippen molar-refractivity contribution in [3.05, 3.63) is 90.6 Å². The Balaban J connectivity index is 1.81. The Bertz CT molecular complexity index is 1600. The van der Waals surface area contributed by atoms with Crippen LogP contribution in [-0.4, -0.2) is 36.7 Å². The van der Waals surface area contributed by atoms with Crippen molar-refractivity contribution in [1.82, 2.24) is 4.57 Å². The van der Waals surface area contributed by atoms with E-state index in [-0.39, 0.29) is 18.1 Å². The van der Waals surface area contributed by atoms with Gasteiger partial charge < -0.3 is 14.4 Å². The van der Waals surface area contributed by atoms with Gasteiger partial charge in [0.1, 0.15) is 10.3 Å². The van der Waals surface area contributed by atoms with Crippen molar-refractivity contribution in [3.8, 4) is 5.75 Å². The fraction of sp³-hybridized carbons (Fsp3) is 0.259. The first kappa shape index (κ1) is 23.7. The second kappa shape index (κ2) is 9.23. The number of anilines is 1. The molecule has 0 radical (unpaired) electrons. The van der Waals surface area contributed by atoms with Crippen LogP contribution in [0.4, 0.5) is 5.69 Å². The molecule has 5 rings (SSSR count). The number of para-hydroxylation sites is 1. The summed E-state index contributed by atoms with van der Waals surface area (Å²) in [5, 5.41) is 0. The average molecular weight is 504 g/mol. The highest BCUT2D eigenvalue weighted by atomic mass is 32.1. The van der Waals surface area contributed by atoms with Crippen LogP contribution in [0.3, 0.4) is 0 Å². The van der Waals surface area contributed by atoms with Gasteiger partial charge in [-0.3, -0.25) is 14.2 Å². The maximum absolute atomic E-state index is 14.0. The van der Waals surface area contributed by atoms with Crippen LogP contribution in [0.25, 0.3) is 5.57 Å². The zero-order valence-electron chi connectivity index (χ0n) is 20.4. The molecule has 0 N–H and O–H groups in total. The van der Waals surface area contributed by atoms with Crippen LogP contribution in [0.2, 0.25) is 0 Å². The van der Waals surface area contributed by atoms with E-state index in [1.54, 1.807) is 38.0 Å². The highest BCUT2D eigenvalue weighted by molar-refractivity contribution is 7.07. The van der Waals surface area contributed by atoms with Crippen LogP contribution in [0, 0.1) is 0 Å². The number of benzene rings is 2. The van der Waals surface area contributed by atoms with Crippen LogP contribution in [0.15, 0.2) is 69.6 Å². The quantitative estimate of drug-likeness (QED) is 0.499. The number of thiazole rings is 1. The molecule has 184 valence electrons. The molecule has 0 aliphatic carbocycles. The minimum absolute atomic E-state index is 0.192. The Morgan fingerprint density at radius 1 is 1.08 bits per heavy atom. The fourth-order valence-electron chi connectivity index (χ4n) is 4.76. The largest absolute Gasteiger partial charge is 0.497 e. The predicted molar refractivity (Wildman–Crippen MR) is 137 cm³/mol. The monoisotopic (exact) mass is 503 g/mol. The third-order valence-corrected chi connectivity index (χ3v) is 7.44. The highest BCUT2D eigenvalue weighted by Crippen LogP contribution is 2.35. The molecule has 0 unspecified atom stereocenters. The van der Waals surface area contributed by atoms with Crippen molar-refractivity contribution in [2.75, 3.05) is 25.2 Å². The molecule has 3 aromatic rings. The molecular weight excluding hydrogens is 478 g/mol. The molecule has 0 saturated heterocycles. The zero-order valence-corrected chi connectivity index (χ0v) is 21.2. The van der Waals surface area contributed by atoms with Crippen LogP contribution in [-0.2, 0) is 14.3 Å². The molecule has 9 heteroatoms. The maximum Gasteiger partial charge on any atom is 0.338 e. The molecule has 0 bridgehead atoms. The van der Waals surface area contributed by atoms with Crippen molar-refractivity contribution in [2.24, 2.45) is 4.99 Å². The summed E-state index contributed by atoms with van der Waals surface area (Å²) < 4.78 is 12.4. The molecule has 36 heavy (non-hydrogen) atoms. The number of fused-ring (bicyclic) bond motifs is 2. The van der Waals surface area contributed by atoms with Crippen molar-refractivity contribution in [1.29, 1.82) is 0 Å². The Morgan fingerprint density at radius 2 is 1.81 bits per heavy atom. The number of nitrogens with zero attached hydrogens (tertiary/aromatic N) is 3. The number of ether oxygens (including phenoxy) is 2. The van der Waals surface area contributed by atoms with Crippen molar-refractivity contribution >= 4 is 34.5 Å². The van der Waals surface area contributed by atoms with E-state index in [1.165, 1.54) is 4.57 Å². The topological polar surface area (TPSA) is 90.2 Å². The summed E-state index contributed by atoms with van der Waals surface area (Å²) in [6.45, 7) is 6.04. The lowest BCUT2D eigenvalue weighted by Gasteiger charge is -2.24. The molecule has 3 heterocycles. The fourth-order valence-corrected chi connectivity index (χ4v) is 5.89. The van der Waals surface area contributed by atoms with E-state index in [2.05, 4.69) is 4.99 Å². The third kappa shape index (κ3) is 3.58. The van der Waals surface area contributed by atoms with E-state index in [4.69, 9.17) is 9.47 Å². The minimum Gasteiger partial charge on any atom is -0.497 e. The number of carbonyl (C=O) groups excluding carboxylic acids is 2. The lowest BCUT2D eigenvalue weighted by atomic mass is 9.96. The van der Waals surface area contributed by atoms with Gasteiger partial charge in [0.05, 0.1) is 42.3 Å². The van der Waals surface area contributed by atoms with Gasteiger partial charge in [0.2, 0.25) is 0 Å². The lowest BCUT2D eigenvalue weighted by molar-refractivity contribution is -0.139. The summed E-state index contributed by atoms with van der Waals surface area (Å²) >= 11 is 1.16. The van der Waals surface area contributed by atoms with Gasteiger partial charge in [-0.15, -0.1) is 0 Å². The zero-order chi connectivity index (χ0) is 25.6. The second-order valence-corrected chi connectivity index (χ2v) is 9.32. The molecule has 1 atom stereocenters. The van der Waals surface area contributed by atoms with Crippen molar-refractivity contribution in [3.63, 3.8) is 0 Å². The Hall–Kier alpha value is -3.98. The van der Waals surface area contributed by atoms with E-state index in [1.807, 2.05) is 43.3 Å². The SMILES string of the molecule is CCOC(=O)C1=C(C)N=c2s/c(=C3/C(=O)N(CC)c4ccccc43)c(=O)n2[C@@H]1c1ccc(OC)cc1. The Morgan fingerprint density at radius 3 is 2.47 bits per heavy atom. The Kier molecular flexibility index (Phi) is 6.09. The van der Waals surface area contributed by atoms with Gasteiger partial charge in [0.15, 0.2) is 4.80 Å². The van der Waals surface area contributed by atoms with Crippen LogP contribution >= 0.6 is 11.3 Å². The first-order valence-electron chi connectivity index (χ1n) is 11.7. The van der Waals surface area contributed by atoms with Gasteiger partial charge in [-0.1, -0.05) is 41.7 Å². The summed E-state index contributed by atoms with van der Waals surface area (Å²) in [6, 6.07) is 13.9. The number of likely N-dealkylation sites (N-methyl/N-ethyl adjacent to an activating group) is 1. The average Bonchev–Trinajstić information content (AvgIpc) is 3.35. The first-order valence-corrected chi connectivity index (χ1v) is 12.5. The molecule has 0 spiro atoms. The van der Waals surface area contributed by atoms with E-state index in [0.717, 1.165) is 22.6 Å². The molecule has 2 aliphatic heterocycles. The van der Waals surface area contributed by atoms with Gasteiger partial charge in [-0.25, -0.2) is 9.79 Å². The molecule has 1 aromatic heterocycles. The van der Waals surface area contributed by atoms with E-state index in [0.29, 0.717) is 44.0 Å². The van der Waals surface area contributed by atoms with Crippen LogP contribution in [0.1, 0.15) is 37.9 Å². The maximum atomic E-state index is 14.0. The number of methoxy groups -OCH3 is 1. The Labute approximate surface area is 211 Å². The number of allylic oxidation sites excluding steroid dienone is 1. The van der Waals surface area contributed by atoms with Crippen molar-refractivity contribution in [2.45, 2.75) is 26.8 Å². The van der Waals surface area contributed by atoms with Gasteiger partial charge in [-0.2, -0.15) is 0 Å². The summed E-state index contributed by atoms with van der Waals surface area (Å²) in [7, 11) is 1.57. The van der Waals surface area contributed by atoms with Gasteiger partial charge >= 0.3 is 5.97 Å². The molecule has 2 aliphatic rings. The van der Waals surface area contributed by atoms with E-state index in [9.17, 15) is 14.4 Å². The van der Waals surface area contributed by atoms with Gasteiger partial charge in [0, 0.05) is 12.1 Å². The number of aromatic nitrogens is 1. The minimum atomic E-state index is -0.755. The summed E-state index contributed by atoms with van der Waals surface area (Å²) in [4.78, 5) is 47.2. The van der Waals surface area contributed by atoms with Crippen LogP contribution < -0.4 is 24.5 Å². The summed E-state index contributed by atoms with van der Waals surface area (Å²) in [6.07, 6.45) is 0. The molecule has 0 fully saturated rings. The predicted octanol–water partition coefficient (Wildman–Crippen LogP) is 2.54. The molecule has 0 saturated carbocycles. The molecular formula is C27H25N3O5S. The number of esters is 1. The molecule has 2 aromatic carbocycles. The number of amides is 1. The van der Waals surface area contributed by atoms with Gasteiger partial charge in [0.25, 0.3) is 11.5 Å². The molecule has 1 amide bonds. The lowest BCUT2D eigenvalue weighted by Crippen LogP contribution is -2.41. The number of hydrogen-bond donors (Lipinski definition) is 0. The number of carbonyl (C=O) groups is 2. The highest BCUT2D eigenvalue weighted by Gasteiger charge is 2.36. The second-order valence-electron chi connectivity index (χ2n) is 8.34. The smallest absolute Gasteiger partial charge is 0.338 e. The number of hydrogen-bond acceptors (Lipinski definition) is 7. The number of rotatable bonds is 5. The third-order valence-electron chi connectivity index (χ3n) is 6.39.